The predicted octanol–water partition coefficient (Wildman–Crippen LogP) is 2.90. The van der Waals surface area contributed by atoms with Gasteiger partial charge in [-0.25, -0.2) is 4.98 Å². The van der Waals surface area contributed by atoms with Crippen LogP contribution in [0.15, 0.2) is 6.07 Å². The lowest BCUT2D eigenvalue weighted by Gasteiger charge is -2.22. The monoisotopic (exact) mass is 249 g/mol. The number of nitrogens with zero attached hydrogens (tertiary/aromatic N) is 2. The van der Waals surface area contributed by atoms with E-state index in [-0.39, 0.29) is 0 Å². The Morgan fingerprint density at radius 3 is 2.56 bits per heavy atom. The quantitative estimate of drug-likeness (QED) is 0.840. The summed E-state index contributed by atoms with van der Waals surface area (Å²) in [4.78, 5) is 6.90. The number of aryl methyl sites for hydroxylation is 2. The third kappa shape index (κ3) is 3.98. The molecule has 0 aliphatic rings. The summed E-state index contributed by atoms with van der Waals surface area (Å²) in [5.41, 5.74) is 3.75. The number of nitrogens with one attached hydrogen (secondary N) is 1. The molecule has 3 nitrogen and oxygen atoms in total. The van der Waals surface area contributed by atoms with Gasteiger partial charge in [-0.15, -0.1) is 0 Å². The van der Waals surface area contributed by atoms with Gasteiger partial charge >= 0.3 is 0 Å². The summed E-state index contributed by atoms with van der Waals surface area (Å²) >= 11 is 0. The first-order valence-corrected chi connectivity index (χ1v) is 6.84. The second-order valence-electron chi connectivity index (χ2n) is 5.42. The van der Waals surface area contributed by atoms with Gasteiger partial charge in [0.25, 0.3) is 0 Å². The maximum absolute atomic E-state index is 4.69. The number of hydrogen-bond acceptors (Lipinski definition) is 3. The Labute approximate surface area is 112 Å². The van der Waals surface area contributed by atoms with Gasteiger partial charge in [-0.2, -0.15) is 0 Å². The average molecular weight is 249 g/mol. The van der Waals surface area contributed by atoms with Crippen LogP contribution in [-0.4, -0.2) is 25.1 Å². The van der Waals surface area contributed by atoms with E-state index in [0.717, 1.165) is 31.1 Å². The highest BCUT2D eigenvalue weighted by molar-refractivity contribution is 5.51. The standard InChI is InChI=1S/C15H27N3/c1-7-18(6)15-14(10-16-9-11(2)3)12(4)8-13(5)17-15/h8,11,16H,7,9-10H2,1-6H3. The summed E-state index contributed by atoms with van der Waals surface area (Å²) in [7, 11) is 2.10. The zero-order valence-corrected chi connectivity index (χ0v) is 12.7. The van der Waals surface area contributed by atoms with Gasteiger partial charge in [-0.05, 0) is 44.9 Å². The molecule has 1 aromatic heterocycles. The highest BCUT2D eigenvalue weighted by Gasteiger charge is 2.11. The van der Waals surface area contributed by atoms with Crippen molar-refractivity contribution >= 4 is 5.82 Å². The van der Waals surface area contributed by atoms with Crippen molar-refractivity contribution in [3.63, 3.8) is 0 Å². The predicted molar refractivity (Wildman–Crippen MR) is 79.2 cm³/mol. The van der Waals surface area contributed by atoms with E-state index >= 15 is 0 Å². The van der Waals surface area contributed by atoms with Crippen LogP contribution in [0.2, 0.25) is 0 Å². The fraction of sp³-hybridized carbons (Fsp3) is 0.667. The van der Waals surface area contributed by atoms with Crippen molar-refractivity contribution in [2.75, 3.05) is 25.0 Å². The molecule has 0 saturated carbocycles. The van der Waals surface area contributed by atoms with Crippen molar-refractivity contribution in [2.24, 2.45) is 5.92 Å². The van der Waals surface area contributed by atoms with Gasteiger partial charge in [0.15, 0.2) is 0 Å². The number of aromatic nitrogens is 1. The Morgan fingerprint density at radius 2 is 2.00 bits per heavy atom. The van der Waals surface area contributed by atoms with E-state index in [9.17, 15) is 0 Å². The van der Waals surface area contributed by atoms with Crippen molar-refractivity contribution in [1.82, 2.24) is 10.3 Å². The first-order valence-electron chi connectivity index (χ1n) is 6.84. The van der Waals surface area contributed by atoms with Crippen molar-refractivity contribution in [3.05, 3.63) is 22.9 Å². The number of pyridine rings is 1. The number of hydrogen-bond donors (Lipinski definition) is 1. The SMILES string of the molecule is CCN(C)c1nc(C)cc(C)c1CNCC(C)C. The highest BCUT2D eigenvalue weighted by Crippen LogP contribution is 2.21. The summed E-state index contributed by atoms with van der Waals surface area (Å²) < 4.78 is 0. The van der Waals surface area contributed by atoms with Gasteiger partial charge in [-0.3, -0.25) is 0 Å². The Kier molecular flexibility index (Phi) is 5.60. The molecule has 0 aromatic carbocycles. The maximum atomic E-state index is 4.69. The van der Waals surface area contributed by atoms with E-state index in [1.807, 2.05) is 0 Å². The summed E-state index contributed by atoms with van der Waals surface area (Å²) in [6, 6.07) is 2.17. The molecular formula is C15H27N3. The molecule has 0 spiro atoms. The van der Waals surface area contributed by atoms with Crippen LogP contribution in [0.1, 0.15) is 37.6 Å². The topological polar surface area (TPSA) is 28.2 Å². The fourth-order valence-electron chi connectivity index (χ4n) is 2.01. The molecular weight excluding hydrogens is 222 g/mol. The molecule has 0 amide bonds. The van der Waals surface area contributed by atoms with E-state index in [0.29, 0.717) is 5.92 Å². The molecule has 3 heteroatoms. The Morgan fingerprint density at radius 1 is 1.33 bits per heavy atom. The molecule has 0 radical (unpaired) electrons. The summed E-state index contributed by atoms with van der Waals surface area (Å²) in [5.74, 6) is 1.79. The smallest absolute Gasteiger partial charge is 0.133 e. The fourth-order valence-corrected chi connectivity index (χ4v) is 2.01. The normalized spacial score (nSPS) is 11.1. The van der Waals surface area contributed by atoms with Gasteiger partial charge in [0.05, 0.1) is 0 Å². The van der Waals surface area contributed by atoms with Crippen molar-refractivity contribution in [2.45, 2.75) is 41.2 Å². The molecule has 0 saturated heterocycles. The van der Waals surface area contributed by atoms with Gasteiger partial charge in [-0.1, -0.05) is 13.8 Å². The molecule has 0 bridgehead atoms. The van der Waals surface area contributed by atoms with Crippen LogP contribution in [0.5, 0.6) is 0 Å². The van der Waals surface area contributed by atoms with E-state index in [4.69, 9.17) is 0 Å². The van der Waals surface area contributed by atoms with Crippen LogP contribution in [0.25, 0.3) is 0 Å². The third-order valence-corrected chi connectivity index (χ3v) is 3.14. The van der Waals surface area contributed by atoms with Crippen LogP contribution in [0.4, 0.5) is 5.82 Å². The summed E-state index contributed by atoms with van der Waals surface area (Å²) in [6.45, 7) is 13.8. The molecule has 1 aromatic rings. The molecule has 0 fully saturated rings. The van der Waals surface area contributed by atoms with Crippen molar-refractivity contribution in [3.8, 4) is 0 Å². The number of rotatable bonds is 6. The molecule has 0 unspecified atom stereocenters. The summed E-state index contributed by atoms with van der Waals surface area (Å²) in [6.07, 6.45) is 0. The molecule has 0 aliphatic carbocycles. The lowest BCUT2D eigenvalue weighted by atomic mass is 10.1. The van der Waals surface area contributed by atoms with Gasteiger partial charge in [0.1, 0.15) is 5.82 Å². The second kappa shape index (κ2) is 6.74. The molecule has 1 N–H and O–H groups in total. The minimum absolute atomic E-state index is 0.677. The van der Waals surface area contributed by atoms with Crippen molar-refractivity contribution in [1.29, 1.82) is 0 Å². The first-order chi connectivity index (χ1) is 8.45. The highest BCUT2D eigenvalue weighted by atomic mass is 15.2. The van der Waals surface area contributed by atoms with E-state index in [1.165, 1.54) is 11.1 Å². The van der Waals surface area contributed by atoms with Crippen LogP contribution in [0, 0.1) is 19.8 Å². The average Bonchev–Trinajstić information content (AvgIpc) is 2.30. The van der Waals surface area contributed by atoms with Crippen LogP contribution in [-0.2, 0) is 6.54 Å². The molecule has 0 aliphatic heterocycles. The largest absolute Gasteiger partial charge is 0.360 e. The second-order valence-corrected chi connectivity index (χ2v) is 5.42. The molecule has 1 rings (SSSR count). The first kappa shape index (κ1) is 15.0. The minimum atomic E-state index is 0.677. The Balaban J connectivity index is 2.93. The van der Waals surface area contributed by atoms with Gasteiger partial charge < -0.3 is 10.2 Å². The van der Waals surface area contributed by atoms with E-state index in [1.54, 1.807) is 0 Å². The zero-order chi connectivity index (χ0) is 13.7. The third-order valence-electron chi connectivity index (χ3n) is 3.14. The van der Waals surface area contributed by atoms with Gasteiger partial charge in [0.2, 0.25) is 0 Å². The van der Waals surface area contributed by atoms with Crippen molar-refractivity contribution < 1.29 is 0 Å². The lowest BCUT2D eigenvalue weighted by molar-refractivity contribution is 0.550. The zero-order valence-electron chi connectivity index (χ0n) is 12.7. The molecule has 1 heterocycles. The van der Waals surface area contributed by atoms with Crippen LogP contribution >= 0.6 is 0 Å². The van der Waals surface area contributed by atoms with Gasteiger partial charge in [0, 0.05) is 31.4 Å². The van der Waals surface area contributed by atoms with E-state index < -0.39 is 0 Å². The molecule has 18 heavy (non-hydrogen) atoms. The Hall–Kier alpha value is -1.09. The Bertz CT molecular complexity index is 386. The van der Waals surface area contributed by atoms with E-state index in [2.05, 4.69) is 62.9 Å². The summed E-state index contributed by atoms with van der Waals surface area (Å²) in [5, 5.41) is 3.51. The lowest BCUT2D eigenvalue weighted by Crippen LogP contribution is -2.24. The number of anilines is 1. The molecule has 102 valence electrons. The minimum Gasteiger partial charge on any atom is -0.360 e. The van der Waals surface area contributed by atoms with Crippen LogP contribution in [0.3, 0.4) is 0 Å². The van der Waals surface area contributed by atoms with Crippen LogP contribution < -0.4 is 10.2 Å². The maximum Gasteiger partial charge on any atom is 0.133 e. The molecule has 0 atom stereocenters.